The number of methoxy groups -OCH3 is 1. The molecule has 20 heavy (non-hydrogen) atoms. The summed E-state index contributed by atoms with van der Waals surface area (Å²) >= 11 is 0. The van der Waals surface area contributed by atoms with Crippen LogP contribution in [-0.2, 0) is 19.9 Å². The van der Waals surface area contributed by atoms with Crippen LogP contribution in [0.1, 0.15) is 29.2 Å². The summed E-state index contributed by atoms with van der Waals surface area (Å²) in [5.41, 5.74) is 4.13. The molecule has 0 saturated heterocycles. The summed E-state index contributed by atoms with van der Waals surface area (Å²) in [4.78, 5) is 0. The summed E-state index contributed by atoms with van der Waals surface area (Å²) in [5.74, 6) is 0.949. The summed E-state index contributed by atoms with van der Waals surface area (Å²) in [6, 6.07) is 6.87. The van der Waals surface area contributed by atoms with Crippen molar-refractivity contribution in [1.29, 1.82) is 0 Å². The highest BCUT2D eigenvalue weighted by Gasteiger charge is 2.22. The normalized spacial score (nSPS) is 17.2. The molecule has 1 atom stereocenters. The first-order valence-electron chi connectivity index (χ1n) is 7.14. The van der Waals surface area contributed by atoms with Gasteiger partial charge in [-0.15, -0.1) is 0 Å². The second-order valence-electron chi connectivity index (χ2n) is 5.38. The number of hydrogen-bond donors (Lipinski definition) is 1. The van der Waals surface area contributed by atoms with Gasteiger partial charge in [-0.3, -0.25) is 4.68 Å². The Morgan fingerprint density at radius 2 is 2.35 bits per heavy atom. The molecule has 0 saturated carbocycles. The van der Waals surface area contributed by atoms with Crippen molar-refractivity contribution in [2.24, 2.45) is 7.05 Å². The lowest BCUT2D eigenvalue weighted by Gasteiger charge is -2.14. The van der Waals surface area contributed by atoms with E-state index in [9.17, 15) is 0 Å². The van der Waals surface area contributed by atoms with Gasteiger partial charge in [0.2, 0.25) is 0 Å². The van der Waals surface area contributed by atoms with Crippen LogP contribution in [0.25, 0.3) is 0 Å². The third-order valence-electron chi connectivity index (χ3n) is 3.99. The first-order chi connectivity index (χ1) is 9.76. The second-order valence-corrected chi connectivity index (χ2v) is 5.38. The molecule has 1 aromatic carbocycles. The summed E-state index contributed by atoms with van der Waals surface area (Å²) in [6.45, 7) is 0.979. The molecule has 4 heteroatoms. The van der Waals surface area contributed by atoms with Gasteiger partial charge in [0.25, 0.3) is 0 Å². The van der Waals surface area contributed by atoms with Crippen LogP contribution in [0, 0.1) is 0 Å². The summed E-state index contributed by atoms with van der Waals surface area (Å²) in [7, 11) is 3.68. The van der Waals surface area contributed by atoms with Crippen LogP contribution in [0.2, 0.25) is 0 Å². The number of rotatable bonds is 5. The molecule has 0 fully saturated rings. The average Bonchev–Trinajstić information content (AvgIpc) is 3.05. The molecular formula is C16H21N3O. The molecular weight excluding hydrogens is 250 g/mol. The van der Waals surface area contributed by atoms with Crippen LogP contribution in [0.3, 0.4) is 0 Å². The summed E-state index contributed by atoms with van der Waals surface area (Å²) < 4.78 is 7.18. The predicted molar refractivity (Wildman–Crippen MR) is 79.0 cm³/mol. The van der Waals surface area contributed by atoms with Gasteiger partial charge < -0.3 is 10.1 Å². The molecule has 0 bridgehead atoms. The van der Waals surface area contributed by atoms with E-state index in [0.717, 1.165) is 25.1 Å². The lowest BCUT2D eigenvalue weighted by Crippen LogP contribution is -2.21. The highest BCUT2D eigenvalue weighted by Crippen LogP contribution is 2.33. The molecule has 1 aliphatic carbocycles. The van der Waals surface area contributed by atoms with Gasteiger partial charge in [0.1, 0.15) is 5.75 Å². The van der Waals surface area contributed by atoms with Crippen molar-refractivity contribution in [1.82, 2.24) is 15.1 Å². The number of fused-ring (bicyclic) bond motifs is 1. The van der Waals surface area contributed by atoms with E-state index in [-0.39, 0.29) is 0 Å². The number of aromatic nitrogens is 2. The number of ether oxygens (including phenoxy) is 1. The third kappa shape index (κ3) is 2.70. The molecule has 1 aromatic heterocycles. The fourth-order valence-electron chi connectivity index (χ4n) is 2.91. The van der Waals surface area contributed by atoms with Crippen molar-refractivity contribution >= 4 is 0 Å². The maximum atomic E-state index is 5.33. The van der Waals surface area contributed by atoms with Crippen LogP contribution < -0.4 is 10.1 Å². The second kappa shape index (κ2) is 5.67. The summed E-state index contributed by atoms with van der Waals surface area (Å²) in [6.07, 6.45) is 7.36. The Kier molecular flexibility index (Phi) is 3.74. The minimum Gasteiger partial charge on any atom is -0.497 e. The Bertz CT molecular complexity index is 591. The van der Waals surface area contributed by atoms with E-state index in [1.807, 2.05) is 17.9 Å². The van der Waals surface area contributed by atoms with Gasteiger partial charge in [-0.05, 0) is 54.6 Å². The van der Waals surface area contributed by atoms with E-state index in [2.05, 4.69) is 34.8 Å². The van der Waals surface area contributed by atoms with E-state index in [1.54, 1.807) is 7.11 Å². The fourth-order valence-corrected chi connectivity index (χ4v) is 2.91. The first kappa shape index (κ1) is 13.2. The van der Waals surface area contributed by atoms with E-state index < -0.39 is 0 Å². The van der Waals surface area contributed by atoms with E-state index in [1.165, 1.54) is 23.1 Å². The van der Waals surface area contributed by atoms with Crippen molar-refractivity contribution in [2.45, 2.75) is 25.3 Å². The lowest BCUT2D eigenvalue weighted by molar-refractivity contribution is 0.413. The minimum absolute atomic E-state index is 0.455. The quantitative estimate of drug-likeness (QED) is 0.906. The largest absolute Gasteiger partial charge is 0.497 e. The molecule has 106 valence electrons. The zero-order valence-corrected chi connectivity index (χ0v) is 12.1. The Hall–Kier alpha value is -1.81. The van der Waals surface area contributed by atoms with Crippen LogP contribution in [-0.4, -0.2) is 23.4 Å². The topological polar surface area (TPSA) is 39.1 Å². The first-order valence-corrected chi connectivity index (χ1v) is 7.14. The molecule has 2 aromatic rings. The number of nitrogens with one attached hydrogen (secondary N) is 1. The average molecular weight is 271 g/mol. The lowest BCUT2D eigenvalue weighted by atomic mass is 10.1. The molecule has 1 N–H and O–H groups in total. The monoisotopic (exact) mass is 271 g/mol. The smallest absolute Gasteiger partial charge is 0.119 e. The zero-order valence-electron chi connectivity index (χ0n) is 12.1. The molecule has 1 aliphatic rings. The molecule has 0 spiro atoms. The Labute approximate surface area is 119 Å². The van der Waals surface area contributed by atoms with Gasteiger partial charge in [-0.2, -0.15) is 5.10 Å². The number of nitrogens with zero attached hydrogens (tertiary/aromatic N) is 2. The van der Waals surface area contributed by atoms with E-state index >= 15 is 0 Å². The van der Waals surface area contributed by atoms with Crippen LogP contribution in [0.4, 0.5) is 0 Å². The zero-order chi connectivity index (χ0) is 13.9. The van der Waals surface area contributed by atoms with Gasteiger partial charge in [-0.25, -0.2) is 0 Å². The van der Waals surface area contributed by atoms with Crippen molar-refractivity contribution in [3.05, 3.63) is 47.3 Å². The van der Waals surface area contributed by atoms with Crippen molar-refractivity contribution in [3.63, 3.8) is 0 Å². The van der Waals surface area contributed by atoms with Gasteiger partial charge in [0.15, 0.2) is 0 Å². The van der Waals surface area contributed by atoms with Gasteiger partial charge in [0.05, 0.1) is 13.3 Å². The predicted octanol–water partition coefficient (Wildman–Crippen LogP) is 2.25. The van der Waals surface area contributed by atoms with E-state index in [0.29, 0.717) is 6.04 Å². The highest BCUT2D eigenvalue weighted by atomic mass is 16.5. The fraction of sp³-hybridized carbons (Fsp3) is 0.438. The number of benzene rings is 1. The van der Waals surface area contributed by atoms with Gasteiger partial charge in [0, 0.05) is 19.3 Å². The molecule has 0 radical (unpaired) electrons. The highest BCUT2D eigenvalue weighted by molar-refractivity contribution is 5.40. The Morgan fingerprint density at radius 1 is 1.45 bits per heavy atom. The maximum absolute atomic E-state index is 5.33. The third-order valence-corrected chi connectivity index (χ3v) is 3.99. The molecule has 0 amide bonds. The maximum Gasteiger partial charge on any atom is 0.119 e. The molecule has 3 rings (SSSR count). The summed E-state index contributed by atoms with van der Waals surface area (Å²) in [5, 5.41) is 7.85. The standard InChI is InChI=1S/C16H21N3O/c1-19-11-12(10-18-19)7-8-17-16-6-4-13-3-5-14(20-2)9-15(13)16/h3,5,9-11,16-17H,4,6-8H2,1-2H3. The minimum atomic E-state index is 0.455. The van der Waals surface area contributed by atoms with Crippen molar-refractivity contribution in [3.8, 4) is 5.75 Å². The number of hydrogen-bond acceptors (Lipinski definition) is 3. The van der Waals surface area contributed by atoms with Crippen molar-refractivity contribution in [2.75, 3.05) is 13.7 Å². The van der Waals surface area contributed by atoms with Gasteiger partial charge in [-0.1, -0.05) is 6.07 Å². The Morgan fingerprint density at radius 3 is 3.10 bits per heavy atom. The van der Waals surface area contributed by atoms with Crippen molar-refractivity contribution < 1.29 is 4.74 Å². The molecule has 1 heterocycles. The molecule has 4 nitrogen and oxygen atoms in total. The molecule has 0 aliphatic heterocycles. The molecule has 1 unspecified atom stereocenters. The number of aryl methyl sites for hydroxylation is 2. The van der Waals surface area contributed by atoms with Crippen LogP contribution in [0.5, 0.6) is 5.75 Å². The SMILES string of the molecule is COc1ccc2c(c1)C(NCCc1cnn(C)c1)CC2. The van der Waals surface area contributed by atoms with Crippen LogP contribution in [0.15, 0.2) is 30.6 Å². The van der Waals surface area contributed by atoms with Crippen LogP contribution >= 0.6 is 0 Å². The Balaban J connectivity index is 1.60. The van der Waals surface area contributed by atoms with E-state index in [4.69, 9.17) is 4.74 Å². The van der Waals surface area contributed by atoms with Gasteiger partial charge >= 0.3 is 0 Å².